The summed E-state index contributed by atoms with van der Waals surface area (Å²) in [4.78, 5) is 24.0. The first kappa shape index (κ1) is 18.7. The van der Waals surface area contributed by atoms with Crippen molar-refractivity contribution in [2.45, 2.75) is 17.1 Å². The van der Waals surface area contributed by atoms with Crippen LogP contribution >= 0.6 is 11.8 Å². The van der Waals surface area contributed by atoms with Gasteiger partial charge in [-0.05, 0) is 49.4 Å². The second-order valence-corrected chi connectivity index (χ2v) is 6.56. The van der Waals surface area contributed by atoms with E-state index in [1.807, 2.05) is 12.1 Å². The fourth-order valence-electron chi connectivity index (χ4n) is 2.09. The molecular weight excluding hydrogens is 342 g/mol. The minimum Gasteiger partial charge on any atom is -0.493 e. The van der Waals surface area contributed by atoms with Crippen molar-refractivity contribution in [1.82, 2.24) is 0 Å². The third-order valence-electron chi connectivity index (χ3n) is 3.44. The van der Waals surface area contributed by atoms with Crippen LogP contribution in [0, 0.1) is 0 Å². The number of carboxylic acid groups (broad SMARTS) is 1. The van der Waals surface area contributed by atoms with E-state index in [0.29, 0.717) is 17.2 Å². The van der Waals surface area contributed by atoms with Crippen molar-refractivity contribution in [3.63, 3.8) is 0 Å². The Bertz CT molecular complexity index is 761. The van der Waals surface area contributed by atoms with Crippen molar-refractivity contribution in [2.24, 2.45) is 0 Å². The maximum Gasteiger partial charge on any atom is 0.335 e. The number of benzene rings is 2. The van der Waals surface area contributed by atoms with E-state index in [2.05, 4.69) is 5.32 Å². The Hall–Kier alpha value is -2.67. The first-order chi connectivity index (χ1) is 11.9. The summed E-state index contributed by atoms with van der Waals surface area (Å²) in [5.41, 5.74) is 0.723. The molecule has 7 heteroatoms. The Morgan fingerprint density at radius 2 is 1.68 bits per heavy atom. The van der Waals surface area contributed by atoms with Crippen LogP contribution in [0.3, 0.4) is 0 Å². The molecule has 1 atom stereocenters. The van der Waals surface area contributed by atoms with Gasteiger partial charge in [0.2, 0.25) is 5.91 Å². The summed E-state index contributed by atoms with van der Waals surface area (Å²) in [6, 6.07) is 11.5. The third-order valence-corrected chi connectivity index (χ3v) is 4.53. The smallest absolute Gasteiger partial charge is 0.335 e. The van der Waals surface area contributed by atoms with E-state index in [1.54, 1.807) is 39.3 Å². The zero-order chi connectivity index (χ0) is 18.4. The molecule has 0 saturated heterocycles. The molecule has 1 unspecified atom stereocenters. The predicted molar refractivity (Wildman–Crippen MR) is 96.9 cm³/mol. The lowest BCUT2D eigenvalue weighted by Crippen LogP contribution is -2.22. The number of carboxylic acids is 1. The van der Waals surface area contributed by atoms with Crippen molar-refractivity contribution >= 4 is 29.3 Å². The number of hydrogen-bond acceptors (Lipinski definition) is 5. The lowest BCUT2D eigenvalue weighted by atomic mass is 10.2. The first-order valence-corrected chi connectivity index (χ1v) is 8.35. The van der Waals surface area contributed by atoms with Gasteiger partial charge >= 0.3 is 5.97 Å². The van der Waals surface area contributed by atoms with Crippen LogP contribution in [0.5, 0.6) is 11.5 Å². The number of rotatable bonds is 7. The molecule has 0 bridgehead atoms. The number of carbonyl (C=O) groups is 2. The van der Waals surface area contributed by atoms with Crippen LogP contribution in [0.25, 0.3) is 0 Å². The van der Waals surface area contributed by atoms with Gasteiger partial charge in [-0.3, -0.25) is 4.79 Å². The average Bonchev–Trinajstić information content (AvgIpc) is 2.61. The number of hydrogen-bond donors (Lipinski definition) is 2. The highest BCUT2D eigenvalue weighted by Crippen LogP contribution is 2.33. The molecule has 0 spiro atoms. The molecule has 2 N–H and O–H groups in total. The van der Waals surface area contributed by atoms with E-state index >= 15 is 0 Å². The lowest BCUT2D eigenvalue weighted by molar-refractivity contribution is -0.115. The van der Waals surface area contributed by atoms with Crippen LogP contribution in [0.2, 0.25) is 0 Å². The SMILES string of the molecule is COc1ccc(SC(C)C(=O)Nc2ccc(C(=O)O)cc2)cc1OC. The molecule has 0 fully saturated rings. The molecule has 0 radical (unpaired) electrons. The van der Waals surface area contributed by atoms with Crippen LogP contribution in [-0.2, 0) is 4.79 Å². The molecule has 25 heavy (non-hydrogen) atoms. The van der Waals surface area contributed by atoms with Gasteiger partial charge < -0.3 is 19.9 Å². The first-order valence-electron chi connectivity index (χ1n) is 7.47. The van der Waals surface area contributed by atoms with Gasteiger partial charge in [0, 0.05) is 10.6 Å². The summed E-state index contributed by atoms with van der Waals surface area (Å²) < 4.78 is 10.5. The van der Waals surface area contributed by atoms with E-state index < -0.39 is 5.97 Å². The standard InChI is InChI=1S/C18H19NO5S/c1-11(25-14-8-9-15(23-2)16(10-14)24-3)17(20)19-13-6-4-12(5-7-13)18(21)22/h4-11H,1-3H3,(H,19,20)(H,21,22). The van der Waals surface area contributed by atoms with Gasteiger partial charge in [-0.25, -0.2) is 4.79 Å². The van der Waals surface area contributed by atoms with Gasteiger partial charge in [0.25, 0.3) is 0 Å². The van der Waals surface area contributed by atoms with E-state index in [0.717, 1.165) is 4.90 Å². The van der Waals surface area contributed by atoms with Crippen LogP contribution in [0.4, 0.5) is 5.69 Å². The highest BCUT2D eigenvalue weighted by Gasteiger charge is 2.16. The second kappa shape index (κ2) is 8.43. The summed E-state index contributed by atoms with van der Waals surface area (Å²) in [7, 11) is 3.12. The highest BCUT2D eigenvalue weighted by molar-refractivity contribution is 8.00. The molecule has 0 aliphatic heterocycles. The molecule has 2 rings (SSSR count). The lowest BCUT2D eigenvalue weighted by Gasteiger charge is -2.14. The van der Waals surface area contributed by atoms with Crippen LogP contribution < -0.4 is 14.8 Å². The predicted octanol–water partition coefficient (Wildman–Crippen LogP) is 3.52. The number of aromatic carboxylic acids is 1. The number of nitrogens with one attached hydrogen (secondary N) is 1. The average molecular weight is 361 g/mol. The fourth-order valence-corrected chi connectivity index (χ4v) is 2.98. The molecular formula is C18H19NO5S. The Kier molecular flexibility index (Phi) is 6.30. The van der Waals surface area contributed by atoms with Crippen LogP contribution in [0.15, 0.2) is 47.4 Å². The molecule has 0 aliphatic rings. The van der Waals surface area contributed by atoms with E-state index in [9.17, 15) is 9.59 Å². The molecule has 0 heterocycles. The van der Waals surface area contributed by atoms with Crippen LogP contribution in [-0.4, -0.2) is 36.5 Å². The maximum atomic E-state index is 12.3. The molecule has 2 aromatic rings. The fraction of sp³-hybridized carbons (Fsp3) is 0.222. The normalized spacial score (nSPS) is 11.5. The van der Waals surface area contributed by atoms with Crippen molar-refractivity contribution in [3.8, 4) is 11.5 Å². The Balaban J connectivity index is 2.01. The van der Waals surface area contributed by atoms with Gasteiger partial charge in [0.15, 0.2) is 11.5 Å². The molecule has 2 aromatic carbocycles. The van der Waals surface area contributed by atoms with E-state index in [1.165, 1.54) is 23.9 Å². The maximum absolute atomic E-state index is 12.3. The highest BCUT2D eigenvalue weighted by atomic mass is 32.2. The third kappa shape index (κ3) is 4.90. The van der Waals surface area contributed by atoms with Gasteiger partial charge in [-0.15, -0.1) is 11.8 Å². The summed E-state index contributed by atoms with van der Waals surface area (Å²) >= 11 is 1.39. The molecule has 1 amide bonds. The number of carbonyl (C=O) groups excluding carboxylic acids is 1. The van der Waals surface area contributed by atoms with Crippen molar-refractivity contribution in [1.29, 1.82) is 0 Å². The number of methoxy groups -OCH3 is 2. The van der Waals surface area contributed by atoms with Gasteiger partial charge in [0.1, 0.15) is 0 Å². The summed E-state index contributed by atoms with van der Waals surface area (Å²) in [5.74, 6) is 0.0463. The Labute approximate surface area is 150 Å². The zero-order valence-corrected chi connectivity index (χ0v) is 14.9. The molecule has 6 nitrogen and oxygen atoms in total. The van der Waals surface area contributed by atoms with Gasteiger partial charge in [-0.2, -0.15) is 0 Å². The summed E-state index contributed by atoms with van der Waals surface area (Å²) in [6.07, 6.45) is 0. The van der Waals surface area contributed by atoms with E-state index in [4.69, 9.17) is 14.6 Å². The molecule has 0 aromatic heterocycles. The molecule has 0 saturated carbocycles. The number of anilines is 1. The van der Waals surface area contributed by atoms with E-state index in [-0.39, 0.29) is 16.7 Å². The van der Waals surface area contributed by atoms with Crippen molar-refractivity contribution in [3.05, 3.63) is 48.0 Å². The quantitative estimate of drug-likeness (QED) is 0.734. The monoisotopic (exact) mass is 361 g/mol. The number of amides is 1. The largest absolute Gasteiger partial charge is 0.493 e. The Morgan fingerprint density at radius 3 is 2.24 bits per heavy atom. The molecule has 0 aliphatic carbocycles. The number of ether oxygens (including phenoxy) is 2. The van der Waals surface area contributed by atoms with Crippen LogP contribution in [0.1, 0.15) is 17.3 Å². The number of thioether (sulfide) groups is 1. The minimum atomic E-state index is -1.00. The van der Waals surface area contributed by atoms with Gasteiger partial charge in [0.05, 0.1) is 25.0 Å². The second-order valence-electron chi connectivity index (χ2n) is 5.15. The molecule has 132 valence electrons. The van der Waals surface area contributed by atoms with Gasteiger partial charge in [-0.1, -0.05) is 0 Å². The van der Waals surface area contributed by atoms with Crippen molar-refractivity contribution < 1.29 is 24.2 Å². The zero-order valence-electron chi connectivity index (χ0n) is 14.1. The topological polar surface area (TPSA) is 84.9 Å². The summed E-state index contributed by atoms with van der Waals surface area (Å²) in [6.45, 7) is 1.79. The van der Waals surface area contributed by atoms with Crippen molar-refractivity contribution in [2.75, 3.05) is 19.5 Å². The minimum absolute atomic E-state index is 0.172. The summed E-state index contributed by atoms with van der Waals surface area (Å²) in [5, 5.41) is 11.3. The Morgan fingerprint density at radius 1 is 1.04 bits per heavy atom.